The van der Waals surface area contributed by atoms with Crippen molar-refractivity contribution in [3.63, 3.8) is 0 Å². The molecule has 0 radical (unpaired) electrons. The molecular weight excluding hydrogens is 310 g/mol. The van der Waals surface area contributed by atoms with Crippen LogP contribution in [0.2, 0.25) is 0 Å². The van der Waals surface area contributed by atoms with E-state index in [0.29, 0.717) is 5.92 Å². The van der Waals surface area contributed by atoms with Crippen molar-refractivity contribution in [1.82, 2.24) is 5.32 Å². The van der Waals surface area contributed by atoms with Gasteiger partial charge in [-0.05, 0) is 36.8 Å². The van der Waals surface area contributed by atoms with Crippen LogP contribution in [0, 0.1) is 5.92 Å². The van der Waals surface area contributed by atoms with Crippen LogP contribution in [0.15, 0.2) is 60.7 Å². The molecule has 0 aliphatic rings. The summed E-state index contributed by atoms with van der Waals surface area (Å²) in [7, 11) is 0. The van der Waals surface area contributed by atoms with Crippen molar-refractivity contribution in [3.05, 3.63) is 71.8 Å². The first-order valence-corrected chi connectivity index (χ1v) is 9.07. The highest BCUT2D eigenvalue weighted by molar-refractivity contribution is 5.77. The number of nitrogens with one attached hydrogen (secondary N) is 1. The van der Waals surface area contributed by atoms with E-state index in [9.17, 15) is 4.79 Å². The van der Waals surface area contributed by atoms with Gasteiger partial charge in [-0.25, -0.2) is 0 Å². The van der Waals surface area contributed by atoms with Crippen LogP contribution in [0.3, 0.4) is 0 Å². The molecule has 1 unspecified atom stereocenters. The fraction of sp³-hybridized carbons (Fsp3) is 0.409. The lowest BCUT2D eigenvalue weighted by Gasteiger charge is -2.20. The smallest absolute Gasteiger partial charge is 0.246 e. The van der Waals surface area contributed by atoms with Gasteiger partial charge in [-0.2, -0.15) is 0 Å². The molecule has 3 nitrogen and oxygen atoms in total. The lowest BCUT2D eigenvalue weighted by Crippen LogP contribution is -2.35. The normalized spacial score (nSPS) is 12.4. The van der Waals surface area contributed by atoms with Gasteiger partial charge in [0.05, 0.1) is 0 Å². The van der Waals surface area contributed by atoms with Gasteiger partial charge < -0.3 is 10.1 Å². The molecular formula is C22H29NO2. The molecule has 0 saturated heterocycles. The van der Waals surface area contributed by atoms with Gasteiger partial charge in [0.25, 0.3) is 0 Å². The van der Waals surface area contributed by atoms with E-state index in [1.807, 2.05) is 67.6 Å². The summed E-state index contributed by atoms with van der Waals surface area (Å²) in [5.41, 5.74) is 2.10. The average molecular weight is 339 g/mol. The molecule has 0 spiro atoms. The minimum atomic E-state index is -0.237. The lowest BCUT2D eigenvalue weighted by molar-refractivity contribution is -0.127. The first kappa shape index (κ1) is 19.2. The zero-order valence-corrected chi connectivity index (χ0v) is 15.4. The topological polar surface area (TPSA) is 38.3 Å². The zero-order valence-electron chi connectivity index (χ0n) is 15.4. The monoisotopic (exact) mass is 339 g/mol. The minimum absolute atomic E-state index is 0.0560. The molecule has 2 aromatic carbocycles. The van der Waals surface area contributed by atoms with E-state index in [1.165, 1.54) is 0 Å². The molecule has 0 aliphatic heterocycles. The van der Waals surface area contributed by atoms with Gasteiger partial charge >= 0.3 is 0 Å². The van der Waals surface area contributed by atoms with Crippen LogP contribution in [-0.2, 0) is 9.53 Å². The van der Waals surface area contributed by atoms with Gasteiger partial charge in [0.1, 0.15) is 12.7 Å². The van der Waals surface area contributed by atoms with Crippen molar-refractivity contribution in [2.45, 2.75) is 45.8 Å². The van der Waals surface area contributed by atoms with Gasteiger partial charge in [-0.1, -0.05) is 74.5 Å². The molecule has 0 heterocycles. The van der Waals surface area contributed by atoms with E-state index in [2.05, 4.69) is 19.2 Å². The lowest BCUT2D eigenvalue weighted by atomic mass is 10.0. The molecule has 0 aliphatic carbocycles. The van der Waals surface area contributed by atoms with Gasteiger partial charge in [0.15, 0.2) is 0 Å². The predicted octanol–water partition coefficient (Wildman–Crippen LogP) is 4.73. The summed E-state index contributed by atoms with van der Waals surface area (Å²) in [4.78, 5) is 12.2. The van der Waals surface area contributed by atoms with Gasteiger partial charge in [0.2, 0.25) is 5.91 Å². The summed E-state index contributed by atoms with van der Waals surface area (Å²) in [5.74, 6) is 0.587. The van der Waals surface area contributed by atoms with Gasteiger partial charge in [0, 0.05) is 6.04 Å². The number of hydrogen-bond donors (Lipinski definition) is 1. The zero-order chi connectivity index (χ0) is 18.1. The number of carbonyl (C=O) groups excluding carboxylic acids is 1. The number of ether oxygens (including phenoxy) is 1. The number of benzene rings is 2. The Bertz CT molecular complexity index is 585. The number of amides is 1. The van der Waals surface area contributed by atoms with Crippen molar-refractivity contribution in [1.29, 1.82) is 0 Å². The van der Waals surface area contributed by atoms with Crippen LogP contribution < -0.4 is 5.32 Å². The summed E-state index contributed by atoms with van der Waals surface area (Å²) < 4.78 is 5.99. The van der Waals surface area contributed by atoms with E-state index in [0.717, 1.165) is 24.0 Å². The second kappa shape index (κ2) is 10.00. The van der Waals surface area contributed by atoms with Crippen LogP contribution in [0.5, 0.6) is 0 Å². The molecule has 2 rings (SSSR count). The third-order valence-electron chi connectivity index (χ3n) is 4.17. The van der Waals surface area contributed by atoms with Crippen molar-refractivity contribution in [2.75, 3.05) is 6.61 Å². The summed E-state index contributed by atoms with van der Waals surface area (Å²) in [6, 6.07) is 20.2. The highest BCUT2D eigenvalue weighted by Crippen LogP contribution is 2.25. The first-order chi connectivity index (χ1) is 12.1. The van der Waals surface area contributed by atoms with E-state index in [4.69, 9.17) is 4.74 Å². The Morgan fingerprint density at radius 2 is 1.40 bits per heavy atom. The Morgan fingerprint density at radius 1 is 0.880 bits per heavy atom. The SMILES string of the molecule is CC(C)CCC(C)NC(=O)COC(c1ccccc1)c1ccccc1. The molecule has 0 bridgehead atoms. The molecule has 134 valence electrons. The van der Waals surface area contributed by atoms with E-state index < -0.39 is 0 Å². The van der Waals surface area contributed by atoms with Crippen LogP contribution in [-0.4, -0.2) is 18.6 Å². The Kier molecular flexibility index (Phi) is 7.68. The van der Waals surface area contributed by atoms with E-state index in [-0.39, 0.29) is 24.7 Å². The van der Waals surface area contributed by atoms with Crippen LogP contribution in [0.25, 0.3) is 0 Å². The van der Waals surface area contributed by atoms with Crippen LogP contribution in [0.1, 0.15) is 50.8 Å². The molecule has 1 atom stereocenters. The van der Waals surface area contributed by atoms with Crippen LogP contribution >= 0.6 is 0 Å². The number of rotatable bonds is 9. The second-order valence-corrected chi connectivity index (χ2v) is 6.95. The molecule has 1 N–H and O–H groups in total. The molecule has 3 heteroatoms. The van der Waals surface area contributed by atoms with Crippen molar-refractivity contribution in [3.8, 4) is 0 Å². The number of carbonyl (C=O) groups is 1. The Morgan fingerprint density at radius 3 is 1.88 bits per heavy atom. The quantitative estimate of drug-likeness (QED) is 0.717. The molecule has 25 heavy (non-hydrogen) atoms. The maximum absolute atomic E-state index is 12.2. The van der Waals surface area contributed by atoms with Crippen LogP contribution in [0.4, 0.5) is 0 Å². The van der Waals surface area contributed by atoms with Crippen molar-refractivity contribution >= 4 is 5.91 Å². The summed E-state index contributed by atoms with van der Waals surface area (Å²) in [5, 5.41) is 3.03. The van der Waals surface area contributed by atoms with Crippen molar-refractivity contribution in [2.24, 2.45) is 5.92 Å². The van der Waals surface area contributed by atoms with E-state index >= 15 is 0 Å². The predicted molar refractivity (Wildman–Crippen MR) is 102 cm³/mol. The minimum Gasteiger partial charge on any atom is -0.359 e. The molecule has 0 aromatic heterocycles. The largest absolute Gasteiger partial charge is 0.359 e. The summed E-state index contributed by atoms with van der Waals surface area (Å²) >= 11 is 0. The maximum Gasteiger partial charge on any atom is 0.246 e. The maximum atomic E-state index is 12.2. The Hall–Kier alpha value is -2.13. The molecule has 1 amide bonds. The Labute approximate surface area is 151 Å². The Balaban J connectivity index is 1.95. The molecule has 2 aromatic rings. The summed E-state index contributed by atoms with van der Waals surface area (Å²) in [6.45, 7) is 6.50. The third kappa shape index (κ3) is 6.71. The second-order valence-electron chi connectivity index (χ2n) is 6.95. The number of hydrogen-bond acceptors (Lipinski definition) is 2. The summed E-state index contributed by atoms with van der Waals surface area (Å²) in [6.07, 6.45) is 1.86. The highest BCUT2D eigenvalue weighted by atomic mass is 16.5. The van der Waals surface area contributed by atoms with Crippen molar-refractivity contribution < 1.29 is 9.53 Å². The third-order valence-corrected chi connectivity index (χ3v) is 4.17. The van der Waals surface area contributed by atoms with Gasteiger partial charge in [-0.15, -0.1) is 0 Å². The average Bonchev–Trinajstić information content (AvgIpc) is 2.62. The standard InChI is InChI=1S/C22H29NO2/c1-17(2)14-15-18(3)23-21(24)16-25-22(19-10-6-4-7-11-19)20-12-8-5-9-13-20/h4-13,17-18,22H,14-16H2,1-3H3,(H,23,24). The fourth-order valence-electron chi connectivity index (χ4n) is 2.77. The molecule has 0 saturated carbocycles. The molecule has 0 fully saturated rings. The van der Waals surface area contributed by atoms with E-state index in [1.54, 1.807) is 0 Å². The fourth-order valence-corrected chi connectivity index (χ4v) is 2.77. The first-order valence-electron chi connectivity index (χ1n) is 9.07. The van der Waals surface area contributed by atoms with Gasteiger partial charge in [-0.3, -0.25) is 4.79 Å². The highest BCUT2D eigenvalue weighted by Gasteiger charge is 2.17.